The molecule has 8 rings (SSSR count). The second-order valence-corrected chi connectivity index (χ2v) is 17.3. The summed E-state index contributed by atoms with van der Waals surface area (Å²) in [5.41, 5.74) is 7.69. The van der Waals surface area contributed by atoms with Crippen molar-refractivity contribution in [2.75, 3.05) is 10.1 Å². The summed E-state index contributed by atoms with van der Waals surface area (Å²) in [7, 11) is -2.16. The van der Waals surface area contributed by atoms with E-state index in [0.717, 1.165) is 28.6 Å². The smallest absolute Gasteiger partial charge is 0.137 e. The monoisotopic (exact) mass is 616 g/mol. The standard InChI is InChI=1S/C40H36N4OSi/c1-28(2)29-23-24-41-40(25-29)42-36-18-9-8-17-34(36)35-22-21-33(27-39(35)42)46(3,4)32-16-12-15-31(26-32)44-38-20-11-10-19-37(38)43(45-44)30-13-6-5-7-14-30/h5-28H,1-4H3. The van der Waals surface area contributed by atoms with Crippen LogP contribution in [0.1, 0.15) is 25.3 Å². The predicted molar refractivity (Wildman–Crippen MR) is 194 cm³/mol. The highest BCUT2D eigenvalue weighted by atomic mass is 28.3. The maximum Gasteiger partial charge on any atom is 0.137 e. The minimum Gasteiger partial charge on any atom is -0.294 e. The van der Waals surface area contributed by atoms with E-state index in [4.69, 9.17) is 9.92 Å². The van der Waals surface area contributed by atoms with Crippen LogP contribution in [-0.2, 0) is 4.94 Å². The van der Waals surface area contributed by atoms with Crippen LogP contribution in [0.5, 0.6) is 0 Å². The van der Waals surface area contributed by atoms with Gasteiger partial charge in [0.2, 0.25) is 0 Å². The van der Waals surface area contributed by atoms with Crippen molar-refractivity contribution in [3.8, 4) is 5.82 Å². The summed E-state index contributed by atoms with van der Waals surface area (Å²) in [5.74, 6) is 1.39. The highest BCUT2D eigenvalue weighted by molar-refractivity contribution is 7.00. The number of anilines is 4. The first-order chi connectivity index (χ1) is 22.4. The van der Waals surface area contributed by atoms with Gasteiger partial charge in [-0.05, 0) is 72.1 Å². The fourth-order valence-electron chi connectivity index (χ4n) is 6.62. The number of hydrogen-bond acceptors (Lipinski definition) is 4. The van der Waals surface area contributed by atoms with Crippen molar-refractivity contribution >= 4 is 63.0 Å². The summed E-state index contributed by atoms with van der Waals surface area (Å²) in [5, 5.41) is 9.05. The van der Waals surface area contributed by atoms with Gasteiger partial charge in [0.1, 0.15) is 13.9 Å². The first-order valence-corrected chi connectivity index (χ1v) is 18.9. The molecule has 0 saturated carbocycles. The normalized spacial score (nSPS) is 13.2. The molecule has 0 fully saturated rings. The lowest BCUT2D eigenvalue weighted by Crippen LogP contribution is -2.52. The molecule has 226 valence electrons. The molecule has 3 heterocycles. The summed E-state index contributed by atoms with van der Waals surface area (Å²) >= 11 is 0. The third kappa shape index (κ3) is 4.61. The molecule has 5 nitrogen and oxygen atoms in total. The highest BCUT2D eigenvalue weighted by Crippen LogP contribution is 2.44. The van der Waals surface area contributed by atoms with Crippen LogP contribution in [0, 0.1) is 0 Å². The summed E-state index contributed by atoms with van der Waals surface area (Å²) in [4.78, 5) is 11.4. The molecule has 0 aliphatic carbocycles. The molecule has 5 aromatic carbocycles. The van der Waals surface area contributed by atoms with Crippen LogP contribution >= 0.6 is 0 Å². The van der Waals surface area contributed by atoms with Gasteiger partial charge in [-0.25, -0.2) is 4.98 Å². The summed E-state index contributed by atoms with van der Waals surface area (Å²) in [6, 6.07) is 47.5. The van der Waals surface area contributed by atoms with Gasteiger partial charge in [-0.15, -0.1) is 4.94 Å². The van der Waals surface area contributed by atoms with Gasteiger partial charge in [0, 0.05) is 17.0 Å². The lowest BCUT2D eigenvalue weighted by atomic mass is 10.1. The van der Waals surface area contributed by atoms with E-state index in [0.29, 0.717) is 5.92 Å². The second kappa shape index (κ2) is 11.0. The van der Waals surface area contributed by atoms with Gasteiger partial charge in [-0.1, -0.05) is 110 Å². The molecular weight excluding hydrogens is 581 g/mol. The number of nitrogens with zero attached hydrogens (tertiary/aromatic N) is 4. The Hall–Kier alpha value is -5.17. The molecule has 2 aromatic heterocycles. The Bertz CT molecular complexity index is 2220. The third-order valence-corrected chi connectivity index (χ3v) is 12.8. The zero-order chi connectivity index (χ0) is 31.4. The van der Waals surface area contributed by atoms with Crippen molar-refractivity contribution in [3.63, 3.8) is 0 Å². The van der Waals surface area contributed by atoms with Crippen LogP contribution in [0.15, 0.2) is 140 Å². The maximum absolute atomic E-state index is 6.53. The zero-order valence-corrected chi connectivity index (χ0v) is 27.6. The van der Waals surface area contributed by atoms with Gasteiger partial charge in [-0.2, -0.15) is 10.1 Å². The lowest BCUT2D eigenvalue weighted by molar-refractivity contribution is 0.156. The van der Waals surface area contributed by atoms with E-state index in [1.165, 1.54) is 37.7 Å². The van der Waals surface area contributed by atoms with Crippen molar-refractivity contribution in [2.24, 2.45) is 0 Å². The molecular formula is C40H36N4OSi. The maximum atomic E-state index is 6.53. The predicted octanol–water partition coefficient (Wildman–Crippen LogP) is 9.26. The van der Waals surface area contributed by atoms with Gasteiger partial charge in [0.15, 0.2) is 0 Å². The molecule has 0 unspecified atom stereocenters. The van der Waals surface area contributed by atoms with E-state index in [1.54, 1.807) is 0 Å². The molecule has 0 atom stereocenters. The number of pyridine rings is 1. The van der Waals surface area contributed by atoms with Crippen LogP contribution in [0.4, 0.5) is 22.7 Å². The molecule has 0 radical (unpaired) electrons. The lowest BCUT2D eigenvalue weighted by Gasteiger charge is -2.26. The Morgan fingerprint density at radius 1 is 0.587 bits per heavy atom. The van der Waals surface area contributed by atoms with E-state index >= 15 is 0 Å². The fourth-order valence-corrected chi connectivity index (χ4v) is 8.97. The zero-order valence-electron chi connectivity index (χ0n) is 26.6. The fraction of sp³-hybridized carbons (Fsp3) is 0.125. The number of rotatable bonds is 6. The largest absolute Gasteiger partial charge is 0.294 e. The van der Waals surface area contributed by atoms with E-state index in [9.17, 15) is 0 Å². The van der Waals surface area contributed by atoms with Gasteiger partial charge in [0.25, 0.3) is 0 Å². The molecule has 0 saturated heterocycles. The van der Waals surface area contributed by atoms with Gasteiger partial charge >= 0.3 is 0 Å². The van der Waals surface area contributed by atoms with Crippen molar-refractivity contribution in [3.05, 3.63) is 145 Å². The Kier molecular flexibility index (Phi) is 6.78. The SMILES string of the molecule is CC(C)c1ccnc(-n2c3ccccc3c3ccc([Si](C)(C)c4cccc(N5ON(c6ccccc6)c6ccccc65)c4)cc32)c1. The summed E-state index contributed by atoms with van der Waals surface area (Å²) in [6.07, 6.45) is 1.94. The van der Waals surface area contributed by atoms with Gasteiger partial charge in [-0.3, -0.25) is 4.57 Å². The van der Waals surface area contributed by atoms with Crippen molar-refractivity contribution in [1.82, 2.24) is 9.55 Å². The molecule has 1 aliphatic heterocycles. The number of aromatic nitrogens is 2. The third-order valence-electron chi connectivity index (χ3n) is 9.34. The molecule has 0 spiro atoms. The summed E-state index contributed by atoms with van der Waals surface area (Å²) < 4.78 is 2.34. The number of benzene rings is 5. The quantitative estimate of drug-likeness (QED) is 0.174. The first-order valence-electron chi connectivity index (χ1n) is 15.9. The van der Waals surface area contributed by atoms with Crippen LogP contribution in [-0.4, -0.2) is 17.6 Å². The van der Waals surface area contributed by atoms with E-state index in [-0.39, 0.29) is 0 Å². The summed E-state index contributed by atoms with van der Waals surface area (Å²) in [6.45, 7) is 9.34. The molecule has 7 aromatic rings. The minimum absolute atomic E-state index is 0.426. The van der Waals surface area contributed by atoms with Gasteiger partial charge < -0.3 is 0 Å². The topological polar surface area (TPSA) is 33.5 Å². The Morgan fingerprint density at radius 2 is 1.24 bits per heavy atom. The van der Waals surface area contributed by atoms with Crippen molar-refractivity contribution in [2.45, 2.75) is 32.9 Å². The molecule has 0 bridgehead atoms. The Balaban J connectivity index is 1.22. The Labute approximate surface area is 270 Å². The molecule has 0 N–H and O–H groups in total. The van der Waals surface area contributed by atoms with E-state index < -0.39 is 8.07 Å². The molecule has 0 amide bonds. The van der Waals surface area contributed by atoms with E-state index in [2.05, 4.69) is 147 Å². The van der Waals surface area contributed by atoms with Crippen LogP contribution in [0.25, 0.3) is 27.6 Å². The van der Waals surface area contributed by atoms with Crippen LogP contribution < -0.4 is 20.5 Å². The highest BCUT2D eigenvalue weighted by Gasteiger charge is 2.32. The van der Waals surface area contributed by atoms with Gasteiger partial charge in [0.05, 0.1) is 33.8 Å². The van der Waals surface area contributed by atoms with Crippen molar-refractivity contribution in [1.29, 1.82) is 0 Å². The average molecular weight is 617 g/mol. The minimum atomic E-state index is -2.16. The Morgan fingerprint density at radius 3 is 2.02 bits per heavy atom. The number of para-hydroxylation sites is 4. The number of hydrogen-bond donors (Lipinski definition) is 0. The molecule has 46 heavy (non-hydrogen) atoms. The van der Waals surface area contributed by atoms with Crippen LogP contribution in [0.3, 0.4) is 0 Å². The second-order valence-electron chi connectivity index (χ2n) is 12.9. The number of fused-ring (bicyclic) bond motifs is 4. The van der Waals surface area contributed by atoms with Crippen LogP contribution in [0.2, 0.25) is 13.1 Å². The van der Waals surface area contributed by atoms with Crippen molar-refractivity contribution < 1.29 is 4.94 Å². The average Bonchev–Trinajstić information content (AvgIpc) is 3.65. The molecule has 6 heteroatoms. The van der Waals surface area contributed by atoms with E-state index in [1.807, 2.05) is 34.5 Å². The first kappa shape index (κ1) is 28.3. The molecule has 1 aliphatic rings.